The van der Waals surface area contributed by atoms with Crippen molar-refractivity contribution in [2.24, 2.45) is 5.92 Å². The van der Waals surface area contributed by atoms with Crippen LogP contribution in [0.1, 0.15) is 59.3 Å². The van der Waals surface area contributed by atoms with E-state index in [1.54, 1.807) is 35.2 Å². The molecule has 1 aromatic heterocycles. The van der Waals surface area contributed by atoms with E-state index in [-0.39, 0.29) is 28.5 Å². The maximum atomic E-state index is 13.6. The van der Waals surface area contributed by atoms with Crippen molar-refractivity contribution < 1.29 is 23.5 Å². The summed E-state index contributed by atoms with van der Waals surface area (Å²) in [5, 5.41) is 14.6. The second-order valence-corrected chi connectivity index (χ2v) is 10.0. The van der Waals surface area contributed by atoms with Crippen molar-refractivity contribution in [2.75, 3.05) is 11.4 Å². The first kappa shape index (κ1) is 25.3. The molecule has 3 aromatic rings. The van der Waals surface area contributed by atoms with E-state index in [0.29, 0.717) is 36.2 Å². The number of hydrogen-bond acceptors (Lipinski definition) is 4. The molecule has 1 fully saturated rings. The Hall–Kier alpha value is -3.36. The highest BCUT2D eigenvalue weighted by Gasteiger charge is 2.51. The highest BCUT2D eigenvalue weighted by atomic mass is 35.5. The molecule has 5 rings (SSSR count). The number of rotatable bonds is 6. The van der Waals surface area contributed by atoms with Crippen LogP contribution in [0.3, 0.4) is 0 Å². The number of alkyl halides is 2. The Morgan fingerprint density at radius 2 is 1.78 bits per heavy atom. The van der Waals surface area contributed by atoms with Crippen molar-refractivity contribution >= 4 is 29.1 Å². The zero-order chi connectivity index (χ0) is 26.2. The SMILES string of the molecule is O=C(N[C@H]1CC[C@H](CN2C(=O)C(O)(c3ccccc3)c3ccccc32)CC1)c1cc(Cl)cnc1C(F)F. The second kappa shape index (κ2) is 10.2. The number of carbonyl (C=O) groups is 2. The van der Waals surface area contributed by atoms with Gasteiger partial charge in [-0.3, -0.25) is 14.6 Å². The number of nitrogens with zero attached hydrogens (tertiary/aromatic N) is 2. The van der Waals surface area contributed by atoms with Gasteiger partial charge in [-0.25, -0.2) is 8.78 Å². The first-order valence-electron chi connectivity index (χ1n) is 12.2. The Kier molecular flexibility index (Phi) is 6.96. The van der Waals surface area contributed by atoms with Gasteiger partial charge in [0.15, 0.2) is 5.60 Å². The van der Waals surface area contributed by atoms with Crippen LogP contribution in [0.2, 0.25) is 5.02 Å². The molecule has 1 aliphatic heterocycles. The van der Waals surface area contributed by atoms with Crippen molar-refractivity contribution in [3.63, 3.8) is 0 Å². The summed E-state index contributed by atoms with van der Waals surface area (Å²) in [6.45, 7) is 0.444. The molecule has 2 N–H and O–H groups in total. The number of amides is 2. The molecule has 37 heavy (non-hydrogen) atoms. The summed E-state index contributed by atoms with van der Waals surface area (Å²) in [4.78, 5) is 31.6. The zero-order valence-corrected chi connectivity index (χ0v) is 20.7. The minimum Gasteiger partial charge on any atom is -0.372 e. The standard InChI is InChI=1S/C28H26ClF2N3O3/c29-19-14-21(24(25(30)31)32-15-19)26(35)33-20-12-10-17(11-13-20)16-34-23-9-5-4-8-22(23)28(37,27(34)36)18-6-2-1-3-7-18/h1-9,14-15,17,20,25,37H,10-13,16H2,(H,33,35)/t17-,20-,28?. The molecule has 0 saturated heterocycles. The van der Waals surface area contributed by atoms with E-state index in [1.165, 1.54) is 6.07 Å². The first-order valence-corrected chi connectivity index (χ1v) is 12.6. The van der Waals surface area contributed by atoms with E-state index in [4.69, 9.17) is 11.6 Å². The Morgan fingerprint density at radius 3 is 2.49 bits per heavy atom. The minimum atomic E-state index is -2.89. The van der Waals surface area contributed by atoms with E-state index >= 15 is 0 Å². The number of para-hydroxylation sites is 1. The number of anilines is 1. The van der Waals surface area contributed by atoms with E-state index < -0.39 is 23.6 Å². The molecule has 0 bridgehead atoms. The molecular weight excluding hydrogens is 500 g/mol. The van der Waals surface area contributed by atoms with Crippen LogP contribution < -0.4 is 10.2 Å². The molecule has 1 atom stereocenters. The van der Waals surface area contributed by atoms with Gasteiger partial charge in [0, 0.05) is 24.3 Å². The summed E-state index contributed by atoms with van der Waals surface area (Å²) in [6.07, 6.45) is 0.958. The van der Waals surface area contributed by atoms with E-state index in [2.05, 4.69) is 10.3 Å². The summed E-state index contributed by atoms with van der Waals surface area (Å²) >= 11 is 5.88. The number of fused-ring (bicyclic) bond motifs is 1. The lowest BCUT2D eigenvalue weighted by molar-refractivity contribution is -0.132. The second-order valence-electron chi connectivity index (χ2n) is 9.59. The largest absolute Gasteiger partial charge is 0.372 e. The first-order chi connectivity index (χ1) is 17.8. The monoisotopic (exact) mass is 525 g/mol. The molecule has 0 radical (unpaired) electrons. The highest BCUT2D eigenvalue weighted by Crippen LogP contribution is 2.45. The van der Waals surface area contributed by atoms with Gasteiger partial charge >= 0.3 is 0 Å². The summed E-state index contributed by atoms with van der Waals surface area (Å²) in [5.74, 6) is -0.832. The van der Waals surface area contributed by atoms with Gasteiger partial charge in [0.25, 0.3) is 18.2 Å². The number of hydrogen-bond donors (Lipinski definition) is 2. The number of pyridine rings is 1. The lowest BCUT2D eigenvalue weighted by Gasteiger charge is -2.32. The lowest BCUT2D eigenvalue weighted by atomic mass is 9.85. The third-order valence-electron chi connectivity index (χ3n) is 7.29. The number of aromatic nitrogens is 1. The van der Waals surface area contributed by atoms with Crippen LogP contribution in [0.15, 0.2) is 66.9 Å². The number of aliphatic hydroxyl groups is 1. The van der Waals surface area contributed by atoms with Gasteiger partial charge in [0.1, 0.15) is 5.69 Å². The fraction of sp³-hybridized carbons (Fsp3) is 0.321. The normalized spacial score (nSPS) is 23.3. The van der Waals surface area contributed by atoms with Gasteiger partial charge in [0.2, 0.25) is 0 Å². The molecule has 1 saturated carbocycles. The van der Waals surface area contributed by atoms with Gasteiger partial charge in [-0.1, -0.05) is 60.1 Å². The van der Waals surface area contributed by atoms with Crippen LogP contribution in [0.25, 0.3) is 0 Å². The summed E-state index contributed by atoms with van der Waals surface area (Å²) < 4.78 is 26.6. The smallest absolute Gasteiger partial charge is 0.281 e. The van der Waals surface area contributed by atoms with Gasteiger partial charge in [0.05, 0.1) is 16.3 Å². The number of benzene rings is 2. The lowest BCUT2D eigenvalue weighted by Crippen LogP contribution is -2.44. The van der Waals surface area contributed by atoms with Crippen molar-refractivity contribution in [1.29, 1.82) is 0 Å². The van der Waals surface area contributed by atoms with Crippen molar-refractivity contribution in [3.05, 3.63) is 94.3 Å². The molecule has 6 nitrogen and oxygen atoms in total. The third-order valence-corrected chi connectivity index (χ3v) is 7.50. The maximum absolute atomic E-state index is 13.6. The minimum absolute atomic E-state index is 0.115. The van der Waals surface area contributed by atoms with Crippen LogP contribution in [0.4, 0.5) is 14.5 Å². The molecule has 1 unspecified atom stereocenters. The average molecular weight is 526 g/mol. The van der Waals surface area contributed by atoms with Crippen LogP contribution in [-0.4, -0.2) is 34.5 Å². The number of nitrogens with one attached hydrogen (secondary N) is 1. The van der Waals surface area contributed by atoms with E-state index in [9.17, 15) is 23.5 Å². The Bertz CT molecular complexity index is 1320. The van der Waals surface area contributed by atoms with Crippen molar-refractivity contribution in [1.82, 2.24) is 10.3 Å². The molecule has 9 heteroatoms. The maximum Gasteiger partial charge on any atom is 0.281 e. The molecule has 2 aliphatic rings. The van der Waals surface area contributed by atoms with Gasteiger partial charge in [-0.05, 0) is 49.3 Å². The molecule has 2 amide bonds. The van der Waals surface area contributed by atoms with E-state index in [0.717, 1.165) is 19.0 Å². The Balaban J connectivity index is 1.26. The van der Waals surface area contributed by atoms with E-state index in [1.807, 2.05) is 24.3 Å². The molecule has 2 heterocycles. The number of halogens is 3. The summed E-state index contributed by atoms with van der Waals surface area (Å²) in [5.41, 5.74) is -0.757. The van der Waals surface area contributed by atoms with Crippen molar-refractivity contribution in [3.8, 4) is 0 Å². The third kappa shape index (κ3) is 4.71. The predicted octanol–water partition coefficient (Wildman–Crippen LogP) is 5.24. The molecule has 2 aromatic carbocycles. The number of carbonyl (C=O) groups excluding carboxylic acids is 2. The zero-order valence-electron chi connectivity index (χ0n) is 19.9. The Labute approximate surface area is 218 Å². The highest BCUT2D eigenvalue weighted by molar-refractivity contribution is 6.30. The van der Waals surface area contributed by atoms with Gasteiger partial charge in [-0.2, -0.15) is 0 Å². The molecule has 192 valence electrons. The van der Waals surface area contributed by atoms with Crippen LogP contribution in [-0.2, 0) is 10.4 Å². The molecule has 1 aliphatic carbocycles. The molecule has 0 spiro atoms. The quantitative estimate of drug-likeness (QED) is 0.461. The van der Waals surface area contributed by atoms with Gasteiger partial charge in [-0.15, -0.1) is 0 Å². The van der Waals surface area contributed by atoms with Crippen LogP contribution in [0, 0.1) is 5.92 Å². The summed E-state index contributed by atoms with van der Waals surface area (Å²) in [6, 6.07) is 17.2. The van der Waals surface area contributed by atoms with Crippen molar-refractivity contribution in [2.45, 2.75) is 43.8 Å². The van der Waals surface area contributed by atoms with Crippen LogP contribution >= 0.6 is 11.6 Å². The summed E-state index contributed by atoms with van der Waals surface area (Å²) in [7, 11) is 0. The average Bonchev–Trinajstić information content (AvgIpc) is 3.12. The Morgan fingerprint density at radius 1 is 1.11 bits per heavy atom. The fourth-order valence-electron chi connectivity index (χ4n) is 5.39. The fourth-order valence-corrected chi connectivity index (χ4v) is 5.55. The van der Waals surface area contributed by atoms with Crippen LogP contribution in [0.5, 0.6) is 0 Å². The van der Waals surface area contributed by atoms with Gasteiger partial charge < -0.3 is 15.3 Å². The topological polar surface area (TPSA) is 82.5 Å². The predicted molar refractivity (Wildman–Crippen MR) is 136 cm³/mol. The molecular formula is C28H26ClF2N3O3.